The van der Waals surface area contributed by atoms with E-state index in [2.05, 4.69) is 5.32 Å². The number of nitrogens with one attached hydrogen (secondary N) is 1. The molecule has 0 saturated carbocycles. The predicted octanol–water partition coefficient (Wildman–Crippen LogP) is 4.10. The van der Waals surface area contributed by atoms with Crippen LogP contribution in [-0.2, 0) is 16.6 Å². The summed E-state index contributed by atoms with van der Waals surface area (Å²) in [5.41, 5.74) is 1.76. The SMILES string of the molecule is COc1ccc(S(=O)(=O)N(C)c2ccc(C(=O)NCc3cccc(Cl)c3)cc2)cc1. The maximum absolute atomic E-state index is 12.8. The van der Waals surface area contributed by atoms with E-state index in [9.17, 15) is 13.2 Å². The fourth-order valence-corrected chi connectivity index (χ4v) is 4.21. The molecule has 30 heavy (non-hydrogen) atoms. The molecule has 1 N–H and O–H groups in total. The Morgan fingerprint density at radius 3 is 2.30 bits per heavy atom. The van der Waals surface area contributed by atoms with Crippen LogP contribution in [0.5, 0.6) is 5.75 Å². The maximum atomic E-state index is 12.8. The first-order valence-corrected chi connectivity index (χ1v) is 10.9. The number of rotatable bonds is 7. The highest BCUT2D eigenvalue weighted by Gasteiger charge is 2.21. The lowest BCUT2D eigenvalue weighted by atomic mass is 10.2. The van der Waals surface area contributed by atoms with Crippen molar-refractivity contribution in [1.29, 1.82) is 0 Å². The minimum atomic E-state index is -3.74. The van der Waals surface area contributed by atoms with Gasteiger partial charge in [0.2, 0.25) is 0 Å². The Morgan fingerprint density at radius 1 is 1.03 bits per heavy atom. The second-order valence-corrected chi connectivity index (χ2v) is 8.91. The van der Waals surface area contributed by atoms with E-state index in [0.29, 0.717) is 28.6 Å². The lowest BCUT2D eigenvalue weighted by molar-refractivity contribution is 0.0951. The fourth-order valence-electron chi connectivity index (χ4n) is 2.80. The number of hydrogen-bond donors (Lipinski definition) is 1. The number of benzene rings is 3. The number of halogens is 1. The van der Waals surface area contributed by atoms with Gasteiger partial charge in [0, 0.05) is 24.2 Å². The molecule has 6 nitrogen and oxygen atoms in total. The fraction of sp³-hybridized carbons (Fsp3) is 0.136. The van der Waals surface area contributed by atoms with Crippen LogP contribution in [0.2, 0.25) is 5.02 Å². The van der Waals surface area contributed by atoms with Crippen molar-refractivity contribution in [2.75, 3.05) is 18.5 Å². The topological polar surface area (TPSA) is 75.7 Å². The van der Waals surface area contributed by atoms with E-state index in [1.165, 1.54) is 30.6 Å². The molecule has 3 aromatic rings. The number of methoxy groups -OCH3 is 1. The van der Waals surface area contributed by atoms with E-state index in [-0.39, 0.29) is 10.8 Å². The number of ether oxygens (including phenoxy) is 1. The zero-order valence-electron chi connectivity index (χ0n) is 16.5. The Morgan fingerprint density at radius 2 is 1.70 bits per heavy atom. The summed E-state index contributed by atoms with van der Waals surface area (Å²) in [7, 11) is -0.753. The highest BCUT2D eigenvalue weighted by Crippen LogP contribution is 2.24. The first kappa shape index (κ1) is 21.7. The van der Waals surface area contributed by atoms with Crippen molar-refractivity contribution in [2.45, 2.75) is 11.4 Å². The van der Waals surface area contributed by atoms with Crippen LogP contribution in [0.25, 0.3) is 0 Å². The van der Waals surface area contributed by atoms with Crippen LogP contribution >= 0.6 is 11.6 Å². The van der Waals surface area contributed by atoms with Crippen molar-refractivity contribution in [2.24, 2.45) is 0 Å². The molecular formula is C22H21ClN2O4S. The third kappa shape index (κ3) is 4.93. The van der Waals surface area contributed by atoms with Crippen molar-refractivity contribution >= 4 is 33.2 Å². The number of carbonyl (C=O) groups is 1. The lowest BCUT2D eigenvalue weighted by Gasteiger charge is -2.20. The molecule has 0 spiro atoms. The molecule has 0 fully saturated rings. The summed E-state index contributed by atoms with van der Waals surface area (Å²) < 4.78 is 31.9. The maximum Gasteiger partial charge on any atom is 0.264 e. The summed E-state index contributed by atoms with van der Waals surface area (Å²) in [6, 6.07) is 19.8. The molecule has 3 aromatic carbocycles. The lowest BCUT2D eigenvalue weighted by Crippen LogP contribution is -2.27. The first-order chi connectivity index (χ1) is 14.3. The zero-order valence-corrected chi connectivity index (χ0v) is 18.1. The van der Waals surface area contributed by atoms with Crippen molar-refractivity contribution in [3.63, 3.8) is 0 Å². The molecule has 156 valence electrons. The smallest absolute Gasteiger partial charge is 0.264 e. The number of carbonyl (C=O) groups excluding carboxylic acids is 1. The number of anilines is 1. The van der Waals surface area contributed by atoms with Gasteiger partial charge in [-0.05, 0) is 66.2 Å². The normalized spacial score (nSPS) is 11.0. The third-order valence-electron chi connectivity index (χ3n) is 4.55. The predicted molar refractivity (Wildman–Crippen MR) is 118 cm³/mol. The van der Waals surface area contributed by atoms with Gasteiger partial charge in [0.1, 0.15) is 5.75 Å². The summed E-state index contributed by atoms with van der Waals surface area (Å²) >= 11 is 5.95. The molecule has 0 aliphatic heterocycles. The quantitative estimate of drug-likeness (QED) is 0.595. The zero-order chi connectivity index (χ0) is 21.7. The Bertz CT molecular complexity index is 1130. The van der Waals surface area contributed by atoms with Gasteiger partial charge < -0.3 is 10.1 Å². The van der Waals surface area contributed by atoms with Gasteiger partial charge in [0.25, 0.3) is 15.9 Å². The average molecular weight is 445 g/mol. The minimum Gasteiger partial charge on any atom is -0.497 e. The Kier molecular flexibility index (Phi) is 6.64. The molecule has 8 heteroatoms. The Balaban J connectivity index is 1.69. The van der Waals surface area contributed by atoms with Crippen LogP contribution in [0.15, 0.2) is 77.7 Å². The van der Waals surface area contributed by atoms with Gasteiger partial charge in [-0.2, -0.15) is 0 Å². The van der Waals surface area contributed by atoms with Gasteiger partial charge in [-0.25, -0.2) is 8.42 Å². The van der Waals surface area contributed by atoms with Crippen LogP contribution in [0, 0.1) is 0 Å². The van der Waals surface area contributed by atoms with Gasteiger partial charge >= 0.3 is 0 Å². The minimum absolute atomic E-state index is 0.147. The Hall–Kier alpha value is -3.03. The molecule has 0 aromatic heterocycles. The second kappa shape index (κ2) is 9.19. The van der Waals surface area contributed by atoms with Gasteiger partial charge in [-0.15, -0.1) is 0 Å². The van der Waals surface area contributed by atoms with Crippen LogP contribution in [0.1, 0.15) is 15.9 Å². The van der Waals surface area contributed by atoms with Crippen molar-refractivity contribution in [3.05, 3.63) is 88.9 Å². The average Bonchev–Trinajstić information content (AvgIpc) is 2.77. The summed E-state index contributed by atoms with van der Waals surface area (Å²) in [4.78, 5) is 12.5. The van der Waals surface area contributed by atoms with Gasteiger partial charge in [0.05, 0.1) is 17.7 Å². The largest absolute Gasteiger partial charge is 0.497 e. The standard InChI is InChI=1S/C22H21ClN2O4S/c1-25(30(27,28)21-12-10-20(29-2)11-13-21)19-8-6-17(7-9-19)22(26)24-15-16-4-3-5-18(23)14-16/h3-14H,15H2,1-2H3,(H,24,26). The second-order valence-electron chi connectivity index (χ2n) is 6.51. The highest BCUT2D eigenvalue weighted by molar-refractivity contribution is 7.92. The summed E-state index contributed by atoms with van der Waals surface area (Å²) in [5, 5.41) is 3.42. The van der Waals surface area contributed by atoms with Gasteiger partial charge in [-0.3, -0.25) is 9.10 Å². The van der Waals surface area contributed by atoms with Crippen LogP contribution in [-0.4, -0.2) is 28.5 Å². The molecule has 0 atom stereocenters. The van der Waals surface area contributed by atoms with E-state index in [4.69, 9.17) is 16.3 Å². The van der Waals surface area contributed by atoms with Crippen LogP contribution in [0.3, 0.4) is 0 Å². The molecule has 0 heterocycles. The van der Waals surface area contributed by atoms with Crippen molar-refractivity contribution in [1.82, 2.24) is 5.32 Å². The number of amides is 1. The third-order valence-corrected chi connectivity index (χ3v) is 6.59. The summed E-state index contributed by atoms with van der Waals surface area (Å²) in [6.07, 6.45) is 0. The Labute approximate surface area is 181 Å². The first-order valence-electron chi connectivity index (χ1n) is 9.07. The summed E-state index contributed by atoms with van der Waals surface area (Å²) in [5.74, 6) is 0.312. The van der Waals surface area contributed by atoms with Crippen LogP contribution in [0.4, 0.5) is 5.69 Å². The molecule has 0 bridgehead atoms. The van der Waals surface area contributed by atoms with Gasteiger partial charge in [0.15, 0.2) is 0 Å². The summed E-state index contributed by atoms with van der Waals surface area (Å²) in [6.45, 7) is 0.340. The molecule has 0 unspecified atom stereocenters. The van der Waals surface area contributed by atoms with Crippen LogP contribution < -0.4 is 14.4 Å². The molecule has 0 aliphatic rings. The van der Waals surface area contributed by atoms with E-state index < -0.39 is 10.0 Å². The molecule has 0 aliphatic carbocycles. The molecule has 3 rings (SSSR count). The van der Waals surface area contributed by atoms with Crippen molar-refractivity contribution < 1.29 is 17.9 Å². The number of nitrogens with zero attached hydrogens (tertiary/aromatic N) is 1. The monoisotopic (exact) mass is 444 g/mol. The van der Waals surface area contributed by atoms with E-state index >= 15 is 0 Å². The molecular weight excluding hydrogens is 424 g/mol. The highest BCUT2D eigenvalue weighted by atomic mass is 35.5. The van der Waals surface area contributed by atoms with E-state index in [1.807, 2.05) is 12.1 Å². The van der Waals surface area contributed by atoms with E-state index in [0.717, 1.165) is 5.56 Å². The number of sulfonamides is 1. The molecule has 1 amide bonds. The van der Waals surface area contributed by atoms with Gasteiger partial charge in [-0.1, -0.05) is 23.7 Å². The van der Waals surface area contributed by atoms with E-state index in [1.54, 1.807) is 48.5 Å². The van der Waals surface area contributed by atoms with Crippen molar-refractivity contribution in [3.8, 4) is 5.75 Å². The molecule has 0 saturated heterocycles. The number of hydrogen-bond acceptors (Lipinski definition) is 4. The molecule has 0 radical (unpaired) electrons.